The smallest absolute Gasteiger partial charge is 0.0175 e. The Labute approximate surface area is 101 Å². The second-order valence-electron chi connectivity index (χ2n) is 3.98. The SMILES string of the molecule is C=C(C)CC(Cc1ccc(Br)cc1)NC. The van der Waals surface area contributed by atoms with Crippen molar-refractivity contribution in [3.05, 3.63) is 46.5 Å². The summed E-state index contributed by atoms with van der Waals surface area (Å²) in [7, 11) is 2.01. The summed E-state index contributed by atoms with van der Waals surface area (Å²) < 4.78 is 1.13. The highest BCUT2D eigenvalue weighted by Crippen LogP contribution is 2.13. The molecule has 0 aliphatic rings. The molecular formula is C13H18BrN. The lowest BCUT2D eigenvalue weighted by atomic mass is 10.0. The van der Waals surface area contributed by atoms with E-state index >= 15 is 0 Å². The van der Waals surface area contributed by atoms with Gasteiger partial charge in [0.25, 0.3) is 0 Å². The number of halogens is 1. The topological polar surface area (TPSA) is 12.0 Å². The number of hydrogen-bond acceptors (Lipinski definition) is 1. The molecule has 0 aliphatic carbocycles. The zero-order chi connectivity index (χ0) is 11.3. The van der Waals surface area contributed by atoms with Crippen LogP contribution in [-0.4, -0.2) is 13.1 Å². The standard InChI is InChI=1S/C13H18BrN/c1-10(2)8-13(15-3)9-11-4-6-12(14)7-5-11/h4-7,13,15H,1,8-9H2,2-3H3. The molecule has 0 spiro atoms. The Balaban J connectivity index is 2.58. The fourth-order valence-corrected chi connectivity index (χ4v) is 1.87. The quantitative estimate of drug-likeness (QED) is 0.805. The molecule has 82 valence electrons. The van der Waals surface area contributed by atoms with Crippen molar-refractivity contribution in [1.29, 1.82) is 0 Å². The minimum atomic E-state index is 0.490. The highest BCUT2D eigenvalue weighted by molar-refractivity contribution is 9.10. The molecule has 1 N–H and O–H groups in total. The molecule has 1 nitrogen and oxygen atoms in total. The van der Waals surface area contributed by atoms with E-state index in [1.807, 2.05) is 7.05 Å². The Bertz CT molecular complexity index is 316. The first-order valence-corrected chi connectivity index (χ1v) is 5.97. The molecule has 1 unspecified atom stereocenters. The molecular weight excluding hydrogens is 250 g/mol. The average Bonchev–Trinajstić information content (AvgIpc) is 2.19. The van der Waals surface area contributed by atoms with Crippen molar-refractivity contribution < 1.29 is 0 Å². The number of rotatable bonds is 5. The predicted octanol–water partition coefficient (Wildman–Crippen LogP) is 3.55. The summed E-state index contributed by atoms with van der Waals surface area (Å²) >= 11 is 3.44. The van der Waals surface area contributed by atoms with E-state index in [-0.39, 0.29) is 0 Å². The van der Waals surface area contributed by atoms with Gasteiger partial charge in [-0.15, -0.1) is 6.58 Å². The van der Waals surface area contributed by atoms with Crippen LogP contribution in [-0.2, 0) is 6.42 Å². The van der Waals surface area contributed by atoms with Gasteiger partial charge in [-0.25, -0.2) is 0 Å². The van der Waals surface area contributed by atoms with Gasteiger partial charge in [-0.2, -0.15) is 0 Å². The predicted molar refractivity (Wildman–Crippen MR) is 70.1 cm³/mol. The molecule has 0 aliphatic heterocycles. The Morgan fingerprint density at radius 1 is 1.40 bits per heavy atom. The van der Waals surface area contributed by atoms with Crippen LogP contribution in [0.4, 0.5) is 0 Å². The Morgan fingerprint density at radius 2 is 2.00 bits per heavy atom. The van der Waals surface area contributed by atoms with Crippen molar-refractivity contribution >= 4 is 15.9 Å². The van der Waals surface area contributed by atoms with Crippen molar-refractivity contribution in [2.75, 3.05) is 7.05 Å². The fourth-order valence-electron chi connectivity index (χ4n) is 1.60. The lowest BCUT2D eigenvalue weighted by Gasteiger charge is -2.16. The van der Waals surface area contributed by atoms with E-state index in [2.05, 4.69) is 59.0 Å². The third-order valence-electron chi connectivity index (χ3n) is 2.40. The molecule has 0 amide bonds. The van der Waals surface area contributed by atoms with E-state index < -0.39 is 0 Å². The number of benzene rings is 1. The Kier molecular flexibility index (Phi) is 5.06. The third-order valence-corrected chi connectivity index (χ3v) is 2.93. The second kappa shape index (κ2) is 6.09. The first-order chi connectivity index (χ1) is 7.11. The normalized spacial score (nSPS) is 12.5. The van der Waals surface area contributed by atoms with Crippen LogP contribution >= 0.6 is 15.9 Å². The average molecular weight is 268 g/mol. The summed E-state index contributed by atoms with van der Waals surface area (Å²) in [6.45, 7) is 6.03. The number of nitrogens with one attached hydrogen (secondary N) is 1. The van der Waals surface area contributed by atoms with E-state index in [4.69, 9.17) is 0 Å². The van der Waals surface area contributed by atoms with Gasteiger partial charge in [0.05, 0.1) is 0 Å². The van der Waals surface area contributed by atoms with Crippen LogP contribution in [0.5, 0.6) is 0 Å². The van der Waals surface area contributed by atoms with Crippen molar-refractivity contribution in [3.63, 3.8) is 0 Å². The van der Waals surface area contributed by atoms with Crippen LogP contribution < -0.4 is 5.32 Å². The Hall–Kier alpha value is -0.600. The molecule has 0 saturated carbocycles. The summed E-state index contributed by atoms with van der Waals surface area (Å²) in [5.41, 5.74) is 2.59. The minimum Gasteiger partial charge on any atom is -0.316 e. The second-order valence-corrected chi connectivity index (χ2v) is 4.89. The van der Waals surface area contributed by atoms with Gasteiger partial charge in [-0.1, -0.05) is 33.6 Å². The zero-order valence-electron chi connectivity index (χ0n) is 9.39. The van der Waals surface area contributed by atoms with E-state index in [9.17, 15) is 0 Å². The highest BCUT2D eigenvalue weighted by Gasteiger charge is 2.06. The van der Waals surface area contributed by atoms with Gasteiger partial charge in [-0.3, -0.25) is 0 Å². The van der Waals surface area contributed by atoms with Gasteiger partial charge in [0.1, 0.15) is 0 Å². The summed E-state index contributed by atoms with van der Waals surface area (Å²) in [5.74, 6) is 0. The maximum atomic E-state index is 3.95. The molecule has 0 radical (unpaired) electrons. The van der Waals surface area contributed by atoms with E-state index in [1.165, 1.54) is 11.1 Å². The molecule has 0 aromatic heterocycles. The van der Waals surface area contributed by atoms with Crippen molar-refractivity contribution in [2.24, 2.45) is 0 Å². The third kappa shape index (κ3) is 4.63. The summed E-state index contributed by atoms with van der Waals surface area (Å²) in [6.07, 6.45) is 2.09. The van der Waals surface area contributed by atoms with Gasteiger partial charge in [0.15, 0.2) is 0 Å². The van der Waals surface area contributed by atoms with E-state index in [0.717, 1.165) is 17.3 Å². The molecule has 2 heteroatoms. The number of likely N-dealkylation sites (N-methyl/N-ethyl adjacent to an activating group) is 1. The van der Waals surface area contributed by atoms with Crippen LogP contribution in [0.25, 0.3) is 0 Å². The van der Waals surface area contributed by atoms with Crippen LogP contribution in [0.15, 0.2) is 40.9 Å². The zero-order valence-corrected chi connectivity index (χ0v) is 11.0. The number of hydrogen-bond donors (Lipinski definition) is 1. The monoisotopic (exact) mass is 267 g/mol. The molecule has 0 saturated heterocycles. The molecule has 1 atom stereocenters. The molecule has 15 heavy (non-hydrogen) atoms. The van der Waals surface area contributed by atoms with Crippen molar-refractivity contribution in [3.8, 4) is 0 Å². The van der Waals surface area contributed by atoms with Crippen molar-refractivity contribution in [1.82, 2.24) is 5.32 Å². The largest absolute Gasteiger partial charge is 0.316 e. The highest BCUT2D eigenvalue weighted by atomic mass is 79.9. The fraction of sp³-hybridized carbons (Fsp3) is 0.385. The van der Waals surface area contributed by atoms with Crippen LogP contribution in [0, 0.1) is 0 Å². The first-order valence-electron chi connectivity index (χ1n) is 5.18. The lowest BCUT2D eigenvalue weighted by Crippen LogP contribution is -2.27. The maximum absolute atomic E-state index is 3.95. The summed E-state index contributed by atoms with van der Waals surface area (Å²) in [4.78, 5) is 0. The van der Waals surface area contributed by atoms with Gasteiger partial charge >= 0.3 is 0 Å². The molecule has 1 aromatic carbocycles. The van der Waals surface area contributed by atoms with Crippen LogP contribution in [0.1, 0.15) is 18.9 Å². The minimum absolute atomic E-state index is 0.490. The van der Waals surface area contributed by atoms with Gasteiger partial charge in [-0.05, 0) is 44.5 Å². The van der Waals surface area contributed by atoms with Gasteiger partial charge in [0, 0.05) is 10.5 Å². The molecule has 0 fully saturated rings. The molecule has 1 rings (SSSR count). The lowest BCUT2D eigenvalue weighted by molar-refractivity contribution is 0.555. The van der Waals surface area contributed by atoms with E-state index in [0.29, 0.717) is 6.04 Å². The Morgan fingerprint density at radius 3 is 2.47 bits per heavy atom. The van der Waals surface area contributed by atoms with Gasteiger partial charge < -0.3 is 5.32 Å². The van der Waals surface area contributed by atoms with E-state index in [1.54, 1.807) is 0 Å². The first kappa shape index (κ1) is 12.5. The summed E-state index contributed by atoms with van der Waals surface area (Å²) in [5, 5.41) is 3.32. The summed E-state index contributed by atoms with van der Waals surface area (Å²) in [6, 6.07) is 8.98. The molecule has 0 bridgehead atoms. The van der Waals surface area contributed by atoms with Crippen LogP contribution in [0.2, 0.25) is 0 Å². The van der Waals surface area contributed by atoms with Crippen LogP contribution in [0.3, 0.4) is 0 Å². The maximum Gasteiger partial charge on any atom is 0.0175 e. The molecule has 0 heterocycles. The molecule has 1 aromatic rings. The van der Waals surface area contributed by atoms with Crippen molar-refractivity contribution in [2.45, 2.75) is 25.8 Å². The van der Waals surface area contributed by atoms with Gasteiger partial charge in [0.2, 0.25) is 0 Å².